The number of benzene rings is 2. The van der Waals surface area contributed by atoms with E-state index >= 15 is 0 Å². The molecule has 7 heteroatoms. The first kappa shape index (κ1) is 16.3. The number of nitrogens with one attached hydrogen (secondary N) is 3. The number of anilines is 2. The van der Waals surface area contributed by atoms with Crippen molar-refractivity contribution in [3.63, 3.8) is 0 Å². The van der Waals surface area contributed by atoms with Gasteiger partial charge in [-0.15, -0.1) is 0 Å². The number of H-pyrrole nitrogens is 1. The second-order valence-corrected chi connectivity index (χ2v) is 7.68. The van der Waals surface area contributed by atoms with Crippen LogP contribution < -0.4 is 10.0 Å². The van der Waals surface area contributed by atoms with Gasteiger partial charge in [0.2, 0.25) is 10.0 Å². The van der Waals surface area contributed by atoms with Crippen molar-refractivity contribution >= 4 is 32.3 Å². The lowest BCUT2D eigenvalue weighted by Crippen LogP contribution is -2.14. The lowest BCUT2D eigenvalue weighted by Gasteiger charge is -2.16. The van der Waals surface area contributed by atoms with E-state index in [1.54, 1.807) is 25.3 Å². The standard InChI is InChI=1S/C17H20N4O2S/c1-3-24(22,23)21-15-6-4-13(5-7-15)12(2)19-16-8-9-17-14(10-16)11-18-20-17/h4-12,19,21H,3H2,1-2H3,(H,18,20)/t12-/m0/s1. The van der Waals surface area contributed by atoms with Crippen LogP contribution in [0.15, 0.2) is 48.7 Å². The lowest BCUT2D eigenvalue weighted by molar-refractivity contribution is 0.602. The van der Waals surface area contributed by atoms with Gasteiger partial charge in [-0.25, -0.2) is 8.42 Å². The van der Waals surface area contributed by atoms with Crippen molar-refractivity contribution < 1.29 is 8.42 Å². The highest BCUT2D eigenvalue weighted by molar-refractivity contribution is 7.92. The molecule has 2 aromatic carbocycles. The van der Waals surface area contributed by atoms with Crippen molar-refractivity contribution in [1.82, 2.24) is 10.2 Å². The summed E-state index contributed by atoms with van der Waals surface area (Å²) in [5, 5.41) is 11.4. The summed E-state index contributed by atoms with van der Waals surface area (Å²) in [6.07, 6.45) is 1.79. The van der Waals surface area contributed by atoms with Gasteiger partial charge in [-0.05, 0) is 49.7 Å². The van der Waals surface area contributed by atoms with Crippen molar-refractivity contribution in [2.75, 3.05) is 15.8 Å². The average molecular weight is 344 g/mol. The summed E-state index contributed by atoms with van der Waals surface area (Å²) in [5.74, 6) is 0.0587. The van der Waals surface area contributed by atoms with Gasteiger partial charge in [0, 0.05) is 22.8 Å². The van der Waals surface area contributed by atoms with E-state index in [-0.39, 0.29) is 11.8 Å². The minimum Gasteiger partial charge on any atom is -0.379 e. The molecule has 0 saturated carbocycles. The zero-order valence-corrected chi connectivity index (χ0v) is 14.4. The van der Waals surface area contributed by atoms with E-state index in [1.807, 2.05) is 30.3 Å². The van der Waals surface area contributed by atoms with Crippen LogP contribution in [0.25, 0.3) is 10.9 Å². The maximum atomic E-state index is 11.6. The van der Waals surface area contributed by atoms with E-state index < -0.39 is 10.0 Å². The van der Waals surface area contributed by atoms with Crippen LogP contribution in [-0.4, -0.2) is 24.4 Å². The Morgan fingerprint density at radius 2 is 1.83 bits per heavy atom. The van der Waals surface area contributed by atoms with Crippen LogP contribution in [0.4, 0.5) is 11.4 Å². The fraction of sp³-hybridized carbons (Fsp3) is 0.235. The smallest absolute Gasteiger partial charge is 0.232 e. The molecule has 0 aliphatic rings. The molecule has 24 heavy (non-hydrogen) atoms. The van der Waals surface area contributed by atoms with E-state index in [1.165, 1.54) is 0 Å². The molecule has 0 aliphatic carbocycles. The van der Waals surface area contributed by atoms with Gasteiger partial charge >= 0.3 is 0 Å². The predicted octanol–water partition coefficient (Wildman–Crippen LogP) is 3.50. The molecule has 0 aliphatic heterocycles. The largest absolute Gasteiger partial charge is 0.379 e. The minimum atomic E-state index is -3.24. The predicted molar refractivity (Wildman–Crippen MR) is 97.7 cm³/mol. The molecule has 0 bridgehead atoms. The Morgan fingerprint density at radius 3 is 2.54 bits per heavy atom. The SMILES string of the molecule is CCS(=O)(=O)Nc1ccc([C@H](C)Nc2ccc3[nH]ncc3c2)cc1. The molecule has 0 unspecified atom stereocenters. The Kier molecular flexibility index (Phi) is 4.44. The van der Waals surface area contributed by atoms with E-state index in [0.29, 0.717) is 5.69 Å². The molecule has 126 valence electrons. The summed E-state index contributed by atoms with van der Waals surface area (Å²) >= 11 is 0. The third-order valence-corrected chi connectivity index (χ3v) is 5.19. The topological polar surface area (TPSA) is 86.9 Å². The molecular weight excluding hydrogens is 324 g/mol. The van der Waals surface area contributed by atoms with Gasteiger partial charge in [0.15, 0.2) is 0 Å². The Morgan fingerprint density at radius 1 is 1.12 bits per heavy atom. The van der Waals surface area contributed by atoms with Crippen LogP contribution in [0.1, 0.15) is 25.5 Å². The average Bonchev–Trinajstić information content (AvgIpc) is 3.03. The fourth-order valence-electron chi connectivity index (χ4n) is 2.46. The molecule has 6 nitrogen and oxygen atoms in total. The highest BCUT2D eigenvalue weighted by atomic mass is 32.2. The normalized spacial score (nSPS) is 12.9. The minimum absolute atomic E-state index is 0.0587. The zero-order valence-electron chi connectivity index (χ0n) is 13.6. The first-order valence-corrected chi connectivity index (χ1v) is 9.42. The first-order valence-electron chi connectivity index (χ1n) is 7.77. The molecule has 0 saturated heterocycles. The van der Waals surface area contributed by atoms with Gasteiger partial charge in [0.25, 0.3) is 0 Å². The summed E-state index contributed by atoms with van der Waals surface area (Å²) in [5.41, 5.74) is 3.65. The summed E-state index contributed by atoms with van der Waals surface area (Å²) in [4.78, 5) is 0. The highest BCUT2D eigenvalue weighted by Gasteiger charge is 2.09. The summed E-state index contributed by atoms with van der Waals surface area (Å²) in [6.45, 7) is 3.67. The highest BCUT2D eigenvalue weighted by Crippen LogP contribution is 2.23. The Balaban J connectivity index is 1.71. The number of sulfonamides is 1. The molecule has 0 fully saturated rings. The number of nitrogens with zero attached hydrogens (tertiary/aromatic N) is 1. The molecule has 0 amide bonds. The number of fused-ring (bicyclic) bond motifs is 1. The summed E-state index contributed by atoms with van der Waals surface area (Å²) in [7, 11) is -3.24. The van der Waals surface area contributed by atoms with Gasteiger partial charge in [-0.2, -0.15) is 5.10 Å². The van der Waals surface area contributed by atoms with Gasteiger partial charge in [0.1, 0.15) is 0 Å². The van der Waals surface area contributed by atoms with Gasteiger partial charge in [0.05, 0.1) is 17.5 Å². The number of aromatic nitrogens is 2. The Hall–Kier alpha value is -2.54. The molecular formula is C17H20N4O2S. The van der Waals surface area contributed by atoms with Crippen molar-refractivity contribution in [3.8, 4) is 0 Å². The van der Waals surface area contributed by atoms with Gasteiger partial charge in [-0.1, -0.05) is 12.1 Å². The van der Waals surface area contributed by atoms with E-state index in [4.69, 9.17) is 0 Å². The monoisotopic (exact) mass is 344 g/mol. The van der Waals surface area contributed by atoms with Crippen molar-refractivity contribution in [1.29, 1.82) is 0 Å². The maximum Gasteiger partial charge on any atom is 0.232 e. The van der Waals surface area contributed by atoms with Crippen LogP contribution in [-0.2, 0) is 10.0 Å². The molecule has 1 aromatic heterocycles. The molecule has 3 aromatic rings. The first-order chi connectivity index (χ1) is 11.5. The second kappa shape index (κ2) is 6.52. The molecule has 0 radical (unpaired) electrons. The third-order valence-electron chi connectivity index (χ3n) is 3.89. The van der Waals surface area contributed by atoms with E-state index in [2.05, 4.69) is 27.2 Å². The Bertz CT molecular complexity index is 933. The molecule has 3 N–H and O–H groups in total. The van der Waals surface area contributed by atoms with Crippen molar-refractivity contribution in [2.24, 2.45) is 0 Å². The lowest BCUT2D eigenvalue weighted by atomic mass is 10.1. The molecule has 1 atom stereocenters. The Labute approximate surface area is 141 Å². The number of aromatic amines is 1. The van der Waals surface area contributed by atoms with Crippen LogP contribution in [0.5, 0.6) is 0 Å². The van der Waals surface area contributed by atoms with Crippen LogP contribution in [0.2, 0.25) is 0 Å². The number of hydrogen-bond donors (Lipinski definition) is 3. The number of hydrogen-bond acceptors (Lipinski definition) is 4. The summed E-state index contributed by atoms with van der Waals surface area (Å²) in [6, 6.07) is 13.5. The second-order valence-electron chi connectivity index (χ2n) is 5.67. The number of rotatable bonds is 6. The van der Waals surface area contributed by atoms with Crippen LogP contribution in [0, 0.1) is 0 Å². The molecule has 1 heterocycles. The van der Waals surface area contributed by atoms with Crippen molar-refractivity contribution in [3.05, 3.63) is 54.2 Å². The van der Waals surface area contributed by atoms with E-state index in [9.17, 15) is 8.42 Å². The van der Waals surface area contributed by atoms with Crippen molar-refractivity contribution in [2.45, 2.75) is 19.9 Å². The van der Waals surface area contributed by atoms with Crippen LogP contribution >= 0.6 is 0 Å². The van der Waals surface area contributed by atoms with Gasteiger partial charge < -0.3 is 5.32 Å². The quantitative estimate of drug-likeness (QED) is 0.639. The summed E-state index contributed by atoms with van der Waals surface area (Å²) < 4.78 is 25.7. The molecule has 0 spiro atoms. The third kappa shape index (κ3) is 3.68. The maximum absolute atomic E-state index is 11.6. The van der Waals surface area contributed by atoms with Crippen LogP contribution in [0.3, 0.4) is 0 Å². The zero-order chi connectivity index (χ0) is 17.2. The van der Waals surface area contributed by atoms with Gasteiger partial charge in [-0.3, -0.25) is 9.82 Å². The fourth-order valence-corrected chi connectivity index (χ4v) is 3.10. The van der Waals surface area contributed by atoms with E-state index in [0.717, 1.165) is 22.2 Å². The molecule has 3 rings (SSSR count).